The number of nitrogens with zero attached hydrogens (tertiary/aromatic N) is 2. The van der Waals surface area contributed by atoms with Crippen LogP contribution < -0.4 is 19.7 Å². The fraction of sp³-hybridized carbons (Fsp3) is 0.360. The van der Waals surface area contributed by atoms with Crippen molar-refractivity contribution in [3.8, 4) is 11.5 Å². The summed E-state index contributed by atoms with van der Waals surface area (Å²) in [4.78, 5) is 19.6. The van der Waals surface area contributed by atoms with E-state index in [1.54, 1.807) is 0 Å². The van der Waals surface area contributed by atoms with Crippen LogP contribution in [0, 0.1) is 5.92 Å². The van der Waals surface area contributed by atoms with Gasteiger partial charge in [0.2, 0.25) is 0 Å². The molecule has 6 heteroatoms. The predicted molar refractivity (Wildman–Crippen MR) is 124 cm³/mol. The number of piperidine rings is 1. The molecule has 6 nitrogen and oxygen atoms in total. The van der Waals surface area contributed by atoms with Crippen LogP contribution in [0.4, 0.5) is 11.5 Å². The van der Waals surface area contributed by atoms with E-state index in [4.69, 9.17) is 14.5 Å². The number of carbonyl (C=O) groups is 1. The van der Waals surface area contributed by atoms with Crippen LogP contribution in [0.25, 0.3) is 10.9 Å². The summed E-state index contributed by atoms with van der Waals surface area (Å²) < 4.78 is 11.3. The lowest BCUT2D eigenvalue weighted by atomic mass is 9.99. The average molecular weight is 420 g/mol. The van der Waals surface area contributed by atoms with Crippen LogP contribution in [0.15, 0.2) is 54.6 Å². The Kier molecular flexibility index (Phi) is 6.55. The number of carbonyl (C=O) groups excluding carboxylic acids is 1. The minimum absolute atomic E-state index is 0.0839. The Bertz CT molecular complexity index is 1030. The summed E-state index contributed by atoms with van der Waals surface area (Å²) in [6.45, 7) is 6.80. The molecule has 1 aromatic heterocycles. The van der Waals surface area contributed by atoms with Gasteiger partial charge in [0.15, 0.2) is 6.61 Å². The number of rotatable bonds is 7. The predicted octanol–water partition coefficient (Wildman–Crippen LogP) is 4.89. The Morgan fingerprint density at radius 1 is 1.06 bits per heavy atom. The number of pyridine rings is 1. The van der Waals surface area contributed by atoms with Gasteiger partial charge < -0.3 is 19.7 Å². The van der Waals surface area contributed by atoms with E-state index < -0.39 is 0 Å². The zero-order valence-corrected chi connectivity index (χ0v) is 18.1. The van der Waals surface area contributed by atoms with Gasteiger partial charge >= 0.3 is 0 Å². The third kappa shape index (κ3) is 5.26. The van der Waals surface area contributed by atoms with E-state index in [2.05, 4.69) is 29.3 Å². The Labute approximate surface area is 183 Å². The number of benzene rings is 2. The Morgan fingerprint density at radius 3 is 2.58 bits per heavy atom. The second kappa shape index (κ2) is 9.69. The van der Waals surface area contributed by atoms with E-state index in [1.807, 2.05) is 49.4 Å². The van der Waals surface area contributed by atoms with Crippen molar-refractivity contribution in [3.05, 3.63) is 54.6 Å². The lowest BCUT2D eigenvalue weighted by Crippen LogP contribution is -2.33. The summed E-state index contributed by atoms with van der Waals surface area (Å²) in [5.74, 6) is 2.91. The number of para-hydroxylation sites is 1. The molecule has 162 valence electrons. The van der Waals surface area contributed by atoms with Crippen LogP contribution >= 0.6 is 0 Å². The third-order valence-corrected chi connectivity index (χ3v) is 5.58. The summed E-state index contributed by atoms with van der Waals surface area (Å²) >= 11 is 0. The van der Waals surface area contributed by atoms with Gasteiger partial charge in [0.25, 0.3) is 5.91 Å². The van der Waals surface area contributed by atoms with Crippen LogP contribution in [0.3, 0.4) is 0 Å². The lowest BCUT2D eigenvalue weighted by molar-refractivity contribution is -0.118. The highest BCUT2D eigenvalue weighted by Gasteiger charge is 2.18. The number of amides is 1. The van der Waals surface area contributed by atoms with Gasteiger partial charge in [0.05, 0.1) is 6.61 Å². The minimum atomic E-state index is -0.220. The first-order valence-electron chi connectivity index (χ1n) is 10.9. The molecule has 3 aromatic rings. The Balaban J connectivity index is 1.42. The standard InChI is InChI=1S/C25H29N3O3/c1-3-30-21-10-8-20(9-11-21)26-24(29)17-31-22-6-4-5-19-7-12-23(27-25(19)22)28-15-13-18(2)14-16-28/h4-12,18H,3,13-17H2,1-2H3,(H,26,29). The molecule has 1 N–H and O–H groups in total. The normalized spacial score (nSPS) is 14.5. The lowest BCUT2D eigenvalue weighted by Gasteiger charge is -2.31. The van der Waals surface area contributed by atoms with E-state index in [0.29, 0.717) is 18.0 Å². The zero-order chi connectivity index (χ0) is 21.6. The molecule has 0 spiro atoms. The van der Waals surface area contributed by atoms with Gasteiger partial charge in [0, 0.05) is 24.2 Å². The smallest absolute Gasteiger partial charge is 0.262 e. The molecular weight excluding hydrogens is 390 g/mol. The molecule has 2 aromatic carbocycles. The number of nitrogens with one attached hydrogen (secondary N) is 1. The summed E-state index contributed by atoms with van der Waals surface area (Å²) in [5.41, 5.74) is 1.49. The van der Waals surface area contributed by atoms with Crippen molar-refractivity contribution in [1.82, 2.24) is 4.98 Å². The average Bonchev–Trinajstić information content (AvgIpc) is 2.79. The second-order valence-corrected chi connectivity index (χ2v) is 7.96. The van der Waals surface area contributed by atoms with Crippen molar-refractivity contribution < 1.29 is 14.3 Å². The molecule has 0 atom stereocenters. The molecule has 31 heavy (non-hydrogen) atoms. The van der Waals surface area contributed by atoms with Gasteiger partial charge in [-0.25, -0.2) is 4.98 Å². The van der Waals surface area contributed by atoms with Crippen LogP contribution in [0.2, 0.25) is 0 Å². The fourth-order valence-electron chi connectivity index (χ4n) is 3.78. The molecule has 0 bridgehead atoms. The van der Waals surface area contributed by atoms with Crippen molar-refractivity contribution in [1.29, 1.82) is 0 Å². The van der Waals surface area contributed by atoms with Crippen molar-refractivity contribution in [2.75, 3.05) is 36.5 Å². The maximum Gasteiger partial charge on any atom is 0.262 e. The molecule has 1 aliphatic rings. The van der Waals surface area contributed by atoms with Gasteiger partial charge in [0.1, 0.15) is 22.8 Å². The first-order chi connectivity index (χ1) is 15.1. The van der Waals surface area contributed by atoms with Gasteiger partial charge in [-0.2, -0.15) is 0 Å². The molecule has 1 aliphatic heterocycles. The van der Waals surface area contributed by atoms with E-state index >= 15 is 0 Å². The highest BCUT2D eigenvalue weighted by atomic mass is 16.5. The van der Waals surface area contributed by atoms with E-state index in [1.165, 1.54) is 12.8 Å². The van der Waals surface area contributed by atoms with Crippen LogP contribution in [0.5, 0.6) is 11.5 Å². The summed E-state index contributed by atoms with van der Waals surface area (Å²) in [5, 5.41) is 3.85. The summed E-state index contributed by atoms with van der Waals surface area (Å²) in [6.07, 6.45) is 2.37. The molecule has 1 amide bonds. The molecule has 1 saturated heterocycles. The van der Waals surface area contributed by atoms with Crippen LogP contribution in [-0.2, 0) is 4.79 Å². The first-order valence-corrected chi connectivity index (χ1v) is 10.9. The number of fused-ring (bicyclic) bond motifs is 1. The topological polar surface area (TPSA) is 63.7 Å². The van der Waals surface area contributed by atoms with E-state index in [-0.39, 0.29) is 12.5 Å². The Morgan fingerprint density at radius 2 is 1.84 bits per heavy atom. The second-order valence-electron chi connectivity index (χ2n) is 7.96. The summed E-state index contributed by atoms with van der Waals surface area (Å²) in [7, 11) is 0. The molecular formula is C25H29N3O3. The van der Waals surface area contributed by atoms with Crippen molar-refractivity contribution in [3.63, 3.8) is 0 Å². The van der Waals surface area contributed by atoms with E-state index in [9.17, 15) is 4.79 Å². The first kappa shape index (κ1) is 21.0. The quantitative estimate of drug-likeness (QED) is 0.591. The molecule has 2 heterocycles. The molecule has 1 fully saturated rings. The third-order valence-electron chi connectivity index (χ3n) is 5.58. The number of hydrogen-bond donors (Lipinski definition) is 1. The van der Waals surface area contributed by atoms with Gasteiger partial charge in [-0.05, 0) is 68.1 Å². The van der Waals surface area contributed by atoms with Gasteiger partial charge in [-0.3, -0.25) is 4.79 Å². The monoisotopic (exact) mass is 419 g/mol. The SMILES string of the molecule is CCOc1ccc(NC(=O)COc2cccc3ccc(N4CCC(C)CC4)nc23)cc1. The van der Waals surface area contributed by atoms with Crippen LogP contribution in [0.1, 0.15) is 26.7 Å². The van der Waals surface area contributed by atoms with Gasteiger partial charge in [-0.15, -0.1) is 0 Å². The molecule has 0 saturated carbocycles. The highest BCUT2D eigenvalue weighted by molar-refractivity contribution is 5.92. The maximum atomic E-state index is 12.4. The van der Waals surface area contributed by atoms with Crippen LogP contribution in [-0.4, -0.2) is 37.2 Å². The van der Waals surface area contributed by atoms with Crippen molar-refractivity contribution in [2.24, 2.45) is 5.92 Å². The van der Waals surface area contributed by atoms with Gasteiger partial charge in [-0.1, -0.05) is 19.1 Å². The summed E-state index contributed by atoms with van der Waals surface area (Å²) in [6, 6.07) is 17.2. The van der Waals surface area contributed by atoms with E-state index in [0.717, 1.165) is 41.5 Å². The number of aromatic nitrogens is 1. The largest absolute Gasteiger partial charge is 0.494 e. The van der Waals surface area contributed by atoms with Crippen molar-refractivity contribution in [2.45, 2.75) is 26.7 Å². The molecule has 4 rings (SSSR count). The Hall–Kier alpha value is -3.28. The number of hydrogen-bond acceptors (Lipinski definition) is 5. The molecule has 0 radical (unpaired) electrons. The number of anilines is 2. The highest BCUT2D eigenvalue weighted by Crippen LogP contribution is 2.28. The number of ether oxygens (including phenoxy) is 2. The molecule has 0 aliphatic carbocycles. The fourth-order valence-corrected chi connectivity index (χ4v) is 3.78. The molecule has 0 unspecified atom stereocenters. The maximum absolute atomic E-state index is 12.4. The zero-order valence-electron chi connectivity index (χ0n) is 18.1. The minimum Gasteiger partial charge on any atom is -0.494 e. The van der Waals surface area contributed by atoms with Crippen molar-refractivity contribution >= 4 is 28.3 Å².